The molecule has 1 aromatic carbocycles. The van der Waals surface area contributed by atoms with Crippen LogP contribution in [0.5, 0.6) is 0 Å². The van der Waals surface area contributed by atoms with E-state index in [9.17, 15) is 4.79 Å². The van der Waals surface area contributed by atoms with Crippen molar-refractivity contribution in [3.63, 3.8) is 0 Å². The van der Waals surface area contributed by atoms with E-state index in [-0.39, 0.29) is 0 Å². The van der Waals surface area contributed by atoms with E-state index >= 15 is 0 Å². The third kappa shape index (κ3) is 2.46. The topological polar surface area (TPSA) is 70.9 Å². The number of amidine groups is 1. The number of carbonyl (C=O) groups is 1. The van der Waals surface area contributed by atoms with E-state index in [2.05, 4.69) is 38.9 Å². The van der Waals surface area contributed by atoms with Crippen LogP contribution in [-0.2, 0) is 9.63 Å². The Morgan fingerprint density at radius 1 is 1.25 bits per heavy atom. The first-order valence-corrected chi connectivity index (χ1v) is 8.59. The smallest absolute Gasteiger partial charge is 0.279 e. The summed E-state index contributed by atoms with van der Waals surface area (Å²) in [6, 6.07) is 8.40. The Kier molecular flexibility index (Phi) is 3.55. The van der Waals surface area contributed by atoms with E-state index in [4.69, 9.17) is 10.6 Å². The average molecular weight is 327 g/mol. The highest BCUT2D eigenvalue weighted by atomic mass is 16.7. The molecule has 0 aromatic heterocycles. The van der Waals surface area contributed by atoms with Crippen molar-refractivity contribution >= 4 is 17.5 Å². The molecular formula is C18H23N4O2+. The molecule has 0 saturated carbocycles. The number of primary amides is 1. The summed E-state index contributed by atoms with van der Waals surface area (Å²) in [7, 11) is 0. The number of likely N-dealkylation sites (tertiary alicyclic amines) is 1. The molecule has 3 aliphatic rings. The number of hydrogen-bond acceptors (Lipinski definition) is 3. The number of rotatable bonds is 3. The van der Waals surface area contributed by atoms with Gasteiger partial charge in [0, 0.05) is 19.3 Å². The van der Waals surface area contributed by atoms with E-state index in [0.29, 0.717) is 6.42 Å². The van der Waals surface area contributed by atoms with Gasteiger partial charge in [-0.1, -0.05) is 17.3 Å². The van der Waals surface area contributed by atoms with Crippen molar-refractivity contribution in [2.24, 2.45) is 10.9 Å². The monoisotopic (exact) mass is 327 g/mol. The Bertz CT molecular complexity index is 728. The van der Waals surface area contributed by atoms with Gasteiger partial charge in [-0.2, -0.15) is 0 Å². The van der Waals surface area contributed by atoms with Gasteiger partial charge >= 0.3 is 0 Å². The summed E-state index contributed by atoms with van der Waals surface area (Å²) in [4.78, 5) is 19.2. The van der Waals surface area contributed by atoms with E-state index in [1.807, 2.05) is 0 Å². The molecule has 2 fully saturated rings. The van der Waals surface area contributed by atoms with E-state index in [0.717, 1.165) is 37.5 Å². The summed E-state index contributed by atoms with van der Waals surface area (Å²) < 4.78 is 2.45. The zero-order valence-electron chi connectivity index (χ0n) is 14.0. The zero-order valence-corrected chi connectivity index (χ0v) is 14.0. The minimum absolute atomic E-state index is 0.413. The van der Waals surface area contributed by atoms with Gasteiger partial charge in [-0.15, -0.1) is 0 Å². The number of carbonyl (C=O) groups excluding carboxylic acids is 1. The molecule has 24 heavy (non-hydrogen) atoms. The molecule has 0 radical (unpaired) electrons. The predicted molar refractivity (Wildman–Crippen MR) is 91.2 cm³/mol. The van der Waals surface area contributed by atoms with Crippen LogP contribution in [0.15, 0.2) is 29.4 Å². The molecule has 6 nitrogen and oxygen atoms in total. The molecule has 4 rings (SSSR count). The molecule has 0 aliphatic carbocycles. The summed E-state index contributed by atoms with van der Waals surface area (Å²) in [5.41, 5.74) is 7.37. The fourth-order valence-corrected chi connectivity index (χ4v) is 3.26. The minimum Gasteiger partial charge on any atom is -0.379 e. The first kappa shape index (κ1) is 15.2. The van der Waals surface area contributed by atoms with Crippen molar-refractivity contribution in [2.45, 2.75) is 31.8 Å². The van der Waals surface area contributed by atoms with Gasteiger partial charge in [0.15, 0.2) is 0 Å². The SMILES string of the molecule is CC1(C(N)=O)CC(c2ccc(C(N3CCC3)=[N+]3CCC3)cc2)=NO1. The van der Waals surface area contributed by atoms with Gasteiger partial charge in [0.25, 0.3) is 11.7 Å². The van der Waals surface area contributed by atoms with Crippen LogP contribution >= 0.6 is 0 Å². The van der Waals surface area contributed by atoms with Gasteiger partial charge < -0.3 is 10.6 Å². The van der Waals surface area contributed by atoms with Crippen molar-refractivity contribution in [1.82, 2.24) is 4.90 Å². The van der Waals surface area contributed by atoms with Gasteiger partial charge in [0.2, 0.25) is 5.60 Å². The van der Waals surface area contributed by atoms with Gasteiger partial charge in [0.1, 0.15) is 0 Å². The first-order valence-electron chi connectivity index (χ1n) is 8.59. The second-order valence-electron chi connectivity index (χ2n) is 6.98. The molecule has 1 amide bonds. The van der Waals surface area contributed by atoms with E-state index in [1.54, 1.807) is 6.92 Å². The van der Waals surface area contributed by atoms with Crippen LogP contribution in [0.4, 0.5) is 0 Å². The van der Waals surface area contributed by atoms with Gasteiger partial charge in [0.05, 0.1) is 37.5 Å². The minimum atomic E-state index is -1.03. The normalized spacial score (nSPS) is 25.5. The second-order valence-corrected chi connectivity index (χ2v) is 6.98. The van der Waals surface area contributed by atoms with Crippen molar-refractivity contribution < 1.29 is 14.2 Å². The lowest BCUT2D eigenvalue weighted by atomic mass is 9.95. The molecule has 3 aliphatic heterocycles. The van der Waals surface area contributed by atoms with Crippen LogP contribution in [0.1, 0.15) is 37.3 Å². The Balaban J connectivity index is 1.56. The third-order valence-corrected chi connectivity index (χ3v) is 5.17. The van der Waals surface area contributed by atoms with Crippen molar-refractivity contribution in [1.29, 1.82) is 0 Å². The van der Waals surface area contributed by atoms with Crippen LogP contribution in [0.3, 0.4) is 0 Å². The Morgan fingerprint density at radius 2 is 1.96 bits per heavy atom. The van der Waals surface area contributed by atoms with Gasteiger partial charge in [-0.05, 0) is 24.6 Å². The molecule has 0 bridgehead atoms. The molecule has 2 saturated heterocycles. The number of nitrogens with zero attached hydrogens (tertiary/aromatic N) is 3. The number of benzene rings is 1. The fourth-order valence-electron chi connectivity index (χ4n) is 3.26. The van der Waals surface area contributed by atoms with Gasteiger partial charge in [-0.25, -0.2) is 0 Å². The predicted octanol–water partition coefficient (Wildman–Crippen LogP) is 0.923. The lowest BCUT2D eigenvalue weighted by Gasteiger charge is -2.31. The van der Waals surface area contributed by atoms with Crippen LogP contribution < -0.4 is 5.73 Å². The molecule has 1 aromatic rings. The lowest BCUT2D eigenvalue weighted by molar-refractivity contribution is -0.587. The maximum atomic E-state index is 11.5. The maximum absolute atomic E-state index is 11.5. The highest BCUT2D eigenvalue weighted by molar-refractivity contribution is 6.06. The molecule has 6 heteroatoms. The van der Waals surface area contributed by atoms with Crippen LogP contribution in [-0.4, -0.2) is 58.7 Å². The quantitative estimate of drug-likeness (QED) is 0.663. The highest BCUT2D eigenvalue weighted by Crippen LogP contribution is 2.26. The van der Waals surface area contributed by atoms with Crippen LogP contribution in [0.25, 0.3) is 0 Å². The molecular weight excluding hydrogens is 304 g/mol. The zero-order chi connectivity index (χ0) is 16.7. The van der Waals surface area contributed by atoms with Gasteiger partial charge in [-0.3, -0.25) is 14.3 Å². The van der Waals surface area contributed by atoms with E-state index < -0.39 is 11.5 Å². The Morgan fingerprint density at radius 3 is 2.42 bits per heavy atom. The largest absolute Gasteiger partial charge is 0.379 e. The molecule has 1 unspecified atom stereocenters. The highest BCUT2D eigenvalue weighted by Gasteiger charge is 2.40. The fraction of sp³-hybridized carbons (Fsp3) is 0.500. The Labute approximate surface area is 141 Å². The lowest BCUT2D eigenvalue weighted by Crippen LogP contribution is -2.49. The number of hydrogen-bond donors (Lipinski definition) is 1. The number of nitrogens with two attached hydrogens (primary N) is 1. The molecule has 1 atom stereocenters. The first-order chi connectivity index (χ1) is 11.6. The van der Waals surface area contributed by atoms with E-state index in [1.165, 1.54) is 24.2 Å². The second kappa shape index (κ2) is 5.61. The third-order valence-electron chi connectivity index (χ3n) is 5.17. The molecule has 2 N–H and O–H groups in total. The Hall–Kier alpha value is -2.37. The number of oxime groups is 1. The average Bonchev–Trinajstić information content (AvgIpc) is 2.87. The van der Waals surface area contributed by atoms with Crippen molar-refractivity contribution in [3.05, 3.63) is 35.4 Å². The summed E-state index contributed by atoms with van der Waals surface area (Å²) in [6.45, 7) is 6.26. The summed E-state index contributed by atoms with van der Waals surface area (Å²) >= 11 is 0. The van der Waals surface area contributed by atoms with Crippen molar-refractivity contribution in [2.75, 3.05) is 26.2 Å². The van der Waals surface area contributed by atoms with Crippen molar-refractivity contribution in [3.8, 4) is 0 Å². The number of amides is 1. The van der Waals surface area contributed by atoms with Crippen LogP contribution in [0, 0.1) is 0 Å². The summed E-state index contributed by atoms with van der Waals surface area (Å²) in [6.07, 6.45) is 2.96. The molecule has 3 heterocycles. The molecule has 126 valence electrons. The molecule has 0 spiro atoms. The standard InChI is InChI=1S/C18H22N4O2/c1-18(17(19)23)12-15(20-24-18)13-4-6-14(7-5-13)16(21-8-2-9-21)22-10-3-11-22/h4-7H,2-3,8-12H2,1H3,(H-,19,23)/p+1. The van der Waals surface area contributed by atoms with Crippen LogP contribution in [0.2, 0.25) is 0 Å². The summed E-state index contributed by atoms with van der Waals surface area (Å²) in [5, 5.41) is 4.07. The summed E-state index contributed by atoms with van der Waals surface area (Å²) in [5.74, 6) is 0.870. The maximum Gasteiger partial charge on any atom is 0.279 e.